The van der Waals surface area contributed by atoms with E-state index < -0.39 is 15.6 Å². The lowest BCUT2D eigenvalue weighted by Crippen LogP contribution is -2.40. The Morgan fingerprint density at radius 3 is 2.31 bits per heavy atom. The van der Waals surface area contributed by atoms with Gasteiger partial charge in [-0.25, -0.2) is 13.1 Å². The zero-order valence-corrected chi connectivity index (χ0v) is 16.2. The van der Waals surface area contributed by atoms with Crippen molar-refractivity contribution < 1.29 is 17.9 Å². The fourth-order valence-corrected chi connectivity index (χ4v) is 3.74. The normalized spacial score (nSPS) is 11.8. The first-order valence-corrected chi connectivity index (χ1v) is 9.77. The number of sulfonamides is 1. The Hall–Kier alpha value is -2.38. The summed E-state index contributed by atoms with van der Waals surface area (Å²) in [5.41, 5.74) is 0.260. The van der Waals surface area contributed by atoms with E-state index in [0.29, 0.717) is 23.6 Å². The van der Waals surface area contributed by atoms with Crippen molar-refractivity contribution >= 4 is 21.6 Å². The molecule has 2 aromatic carbocycles. The summed E-state index contributed by atoms with van der Waals surface area (Å²) in [4.78, 5) is 12.5. The fraction of sp³-hybridized carbons (Fsp3) is 0.316. The first-order chi connectivity index (χ1) is 12.1. The van der Waals surface area contributed by atoms with Gasteiger partial charge < -0.3 is 10.1 Å². The van der Waals surface area contributed by atoms with E-state index in [2.05, 4.69) is 10.0 Å². The second-order valence-corrected chi connectivity index (χ2v) is 8.48. The second kappa shape index (κ2) is 7.88. The Morgan fingerprint density at radius 2 is 1.73 bits per heavy atom. The van der Waals surface area contributed by atoms with Gasteiger partial charge in [-0.1, -0.05) is 6.07 Å². The van der Waals surface area contributed by atoms with Crippen LogP contribution < -0.4 is 14.8 Å². The predicted molar refractivity (Wildman–Crippen MR) is 102 cm³/mol. The molecule has 0 saturated heterocycles. The van der Waals surface area contributed by atoms with E-state index in [1.165, 1.54) is 12.1 Å². The van der Waals surface area contributed by atoms with Gasteiger partial charge in [0.2, 0.25) is 10.0 Å². The molecule has 0 aliphatic rings. The highest BCUT2D eigenvalue weighted by Crippen LogP contribution is 2.19. The lowest BCUT2D eigenvalue weighted by atomic mass is 10.1. The third kappa shape index (κ3) is 5.57. The van der Waals surface area contributed by atoms with Crippen molar-refractivity contribution in [3.05, 3.63) is 54.1 Å². The summed E-state index contributed by atoms with van der Waals surface area (Å²) in [5, 5.41) is 2.71. The third-order valence-corrected chi connectivity index (χ3v) is 5.03. The number of carbonyl (C=O) groups is 1. The highest BCUT2D eigenvalue weighted by molar-refractivity contribution is 7.89. The van der Waals surface area contributed by atoms with Crippen LogP contribution in [0.2, 0.25) is 0 Å². The van der Waals surface area contributed by atoms with Crippen molar-refractivity contribution in [2.75, 3.05) is 11.9 Å². The fourth-order valence-electron chi connectivity index (χ4n) is 2.28. The Morgan fingerprint density at radius 1 is 1.08 bits per heavy atom. The van der Waals surface area contributed by atoms with Gasteiger partial charge in [-0.2, -0.15) is 0 Å². The van der Waals surface area contributed by atoms with Crippen LogP contribution in [0, 0.1) is 0 Å². The minimum atomic E-state index is -3.67. The minimum Gasteiger partial charge on any atom is -0.494 e. The molecule has 0 radical (unpaired) electrons. The van der Waals surface area contributed by atoms with Gasteiger partial charge in [0, 0.05) is 16.8 Å². The summed E-state index contributed by atoms with van der Waals surface area (Å²) in [7, 11) is -3.67. The van der Waals surface area contributed by atoms with Crippen LogP contribution in [0.3, 0.4) is 0 Å². The van der Waals surface area contributed by atoms with E-state index in [0.717, 1.165) is 0 Å². The van der Waals surface area contributed by atoms with Crippen LogP contribution in [0.5, 0.6) is 5.75 Å². The maximum absolute atomic E-state index is 12.4. The first-order valence-electron chi connectivity index (χ1n) is 8.29. The van der Waals surface area contributed by atoms with Crippen LogP contribution in [0.1, 0.15) is 38.1 Å². The predicted octanol–water partition coefficient (Wildman–Crippen LogP) is 3.41. The number of hydrogen-bond donors (Lipinski definition) is 2. The van der Waals surface area contributed by atoms with Crippen LogP contribution in [-0.4, -0.2) is 26.5 Å². The molecule has 0 heterocycles. The van der Waals surface area contributed by atoms with E-state index in [9.17, 15) is 13.2 Å². The van der Waals surface area contributed by atoms with Crippen LogP contribution >= 0.6 is 0 Å². The molecule has 26 heavy (non-hydrogen) atoms. The Bertz CT molecular complexity index is 869. The largest absolute Gasteiger partial charge is 0.494 e. The lowest BCUT2D eigenvalue weighted by Gasteiger charge is -2.20. The molecule has 2 aromatic rings. The van der Waals surface area contributed by atoms with Gasteiger partial charge in [0.1, 0.15) is 5.75 Å². The van der Waals surface area contributed by atoms with Crippen molar-refractivity contribution in [3.63, 3.8) is 0 Å². The summed E-state index contributed by atoms with van der Waals surface area (Å²) in [6.45, 7) is 7.73. The molecule has 0 fully saturated rings. The molecule has 0 aromatic heterocycles. The molecule has 2 N–H and O–H groups in total. The lowest BCUT2D eigenvalue weighted by molar-refractivity contribution is 0.102. The summed E-state index contributed by atoms with van der Waals surface area (Å²) in [5.74, 6) is 0.358. The van der Waals surface area contributed by atoms with Gasteiger partial charge in [-0.05, 0) is 70.2 Å². The van der Waals surface area contributed by atoms with Crippen LogP contribution in [0.15, 0.2) is 53.4 Å². The number of hydrogen-bond acceptors (Lipinski definition) is 4. The van der Waals surface area contributed by atoms with Gasteiger partial charge >= 0.3 is 0 Å². The topological polar surface area (TPSA) is 84.5 Å². The van der Waals surface area contributed by atoms with E-state index in [4.69, 9.17) is 4.74 Å². The van der Waals surface area contributed by atoms with Gasteiger partial charge in [-0.3, -0.25) is 4.79 Å². The van der Waals surface area contributed by atoms with E-state index in [-0.39, 0.29) is 10.8 Å². The van der Waals surface area contributed by atoms with E-state index in [1.54, 1.807) is 57.2 Å². The van der Waals surface area contributed by atoms with Crippen molar-refractivity contribution in [3.8, 4) is 5.75 Å². The van der Waals surface area contributed by atoms with Crippen molar-refractivity contribution in [1.29, 1.82) is 0 Å². The van der Waals surface area contributed by atoms with Gasteiger partial charge in [0.15, 0.2) is 0 Å². The third-order valence-electron chi connectivity index (χ3n) is 3.27. The SMILES string of the molecule is CCOc1ccc(C(=O)Nc2cccc(S(=O)(=O)NC(C)(C)C)c2)cc1. The number of amides is 1. The quantitative estimate of drug-likeness (QED) is 0.809. The molecule has 0 spiro atoms. The number of carbonyl (C=O) groups excluding carboxylic acids is 1. The molecule has 7 heteroatoms. The monoisotopic (exact) mass is 376 g/mol. The number of benzene rings is 2. The molecule has 0 unspecified atom stereocenters. The van der Waals surface area contributed by atoms with Crippen molar-refractivity contribution in [2.24, 2.45) is 0 Å². The smallest absolute Gasteiger partial charge is 0.255 e. The second-order valence-electron chi connectivity index (χ2n) is 6.79. The summed E-state index contributed by atoms with van der Waals surface area (Å²) < 4.78 is 32.8. The molecular weight excluding hydrogens is 352 g/mol. The zero-order valence-electron chi connectivity index (χ0n) is 15.4. The maximum atomic E-state index is 12.4. The minimum absolute atomic E-state index is 0.0944. The molecule has 0 aliphatic heterocycles. The van der Waals surface area contributed by atoms with Crippen molar-refractivity contribution in [1.82, 2.24) is 4.72 Å². The molecule has 1 amide bonds. The molecular formula is C19H24N2O4S. The molecule has 0 atom stereocenters. The van der Waals surface area contributed by atoms with Gasteiger partial charge in [0.05, 0.1) is 11.5 Å². The Kier molecular flexibility index (Phi) is 6.05. The number of nitrogens with one attached hydrogen (secondary N) is 2. The Balaban J connectivity index is 2.16. The zero-order chi connectivity index (χ0) is 19.4. The summed E-state index contributed by atoms with van der Waals surface area (Å²) in [6.07, 6.45) is 0. The summed E-state index contributed by atoms with van der Waals surface area (Å²) >= 11 is 0. The highest BCUT2D eigenvalue weighted by Gasteiger charge is 2.22. The first kappa shape index (κ1) is 19.9. The average molecular weight is 376 g/mol. The molecule has 6 nitrogen and oxygen atoms in total. The molecule has 0 saturated carbocycles. The molecule has 0 bridgehead atoms. The van der Waals surface area contributed by atoms with E-state index >= 15 is 0 Å². The van der Waals surface area contributed by atoms with Crippen LogP contribution in [0.4, 0.5) is 5.69 Å². The van der Waals surface area contributed by atoms with Gasteiger partial charge in [0.25, 0.3) is 5.91 Å². The number of ether oxygens (including phenoxy) is 1. The standard InChI is InChI=1S/C19H24N2O4S/c1-5-25-16-11-9-14(10-12-16)18(22)20-15-7-6-8-17(13-15)26(23,24)21-19(2,3)4/h6-13,21H,5H2,1-4H3,(H,20,22). The molecule has 140 valence electrons. The molecule has 2 rings (SSSR count). The van der Waals surface area contributed by atoms with Crippen molar-refractivity contribution in [2.45, 2.75) is 38.1 Å². The summed E-state index contributed by atoms with van der Waals surface area (Å²) in [6, 6.07) is 12.9. The average Bonchev–Trinajstić information content (AvgIpc) is 2.54. The highest BCUT2D eigenvalue weighted by atomic mass is 32.2. The maximum Gasteiger partial charge on any atom is 0.255 e. The number of rotatable bonds is 6. The van der Waals surface area contributed by atoms with Crippen LogP contribution in [0.25, 0.3) is 0 Å². The number of anilines is 1. The van der Waals surface area contributed by atoms with Gasteiger partial charge in [-0.15, -0.1) is 0 Å². The van der Waals surface area contributed by atoms with Crippen LogP contribution in [-0.2, 0) is 10.0 Å². The Labute approximate surface area is 154 Å². The van der Waals surface area contributed by atoms with E-state index in [1.807, 2.05) is 6.92 Å². The molecule has 0 aliphatic carbocycles.